The number of carboxylic acids is 1. The molecule has 0 radical (unpaired) electrons. The van der Waals surface area contributed by atoms with Crippen molar-refractivity contribution >= 4 is 42.8 Å². The zero-order valence-corrected chi connectivity index (χ0v) is 25.1. The van der Waals surface area contributed by atoms with Gasteiger partial charge in [0.05, 0.1) is 9.60 Å². The van der Waals surface area contributed by atoms with Crippen molar-refractivity contribution in [3.63, 3.8) is 0 Å². The highest BCUT2D eigenvalue weighted by Gasteiger charge is 2.41. The zero-order valence-electron chi connectivity index (χ0n) is 23.5. The number of benzene rings is 2. The second kappa shape index (κ2) is 13.6. The van der Waals surface area contributed by atoms with E-state index in [2.05, 4.69) is 19.7 Å². The van der Waals surface area contributed by atoms with Crippen molar-refractivity contribution in [2.24, 2.45) is 5.73 Å². The first-order valence-electron chi connectivity index (χ1n) is 13.2. The number of halogens is 5. The van der Waals surface area contributed by atoms with Crippen LogP contribution in [0.4, 0.5) is 27.1 Å². The summed E-state index contributed by atoms with van der Waals surface area (Å²) in [6.45, 7) is 1.68. The lowest BCUT2D eigenvalue weighted by Gasteiger charge is -2.38. The molecule has 1 saturated heterocycles. The number of anilines is 1. The zero-order chi connectivity index (χ0) is 33.0. The lowest BCUT2D eigenvalue weighted by Crippen LogP contribution is -2.58. The minimum Gasteiger partial charge on any atom is -0.480 e. The Morgan fingerprint density at radius 1 is 1.09 bits per heavy atom. The highest BCUT2D eigenvalue weighted by molar-refractivity contribution is 7.89. The lowest BCUT2D eigenvalue weighted by molar-refractivity contribution is -0.274. The molecule has 0 amide bonds. The lowest BCUT2D eigenvalue weighted by atomic mass is 10.0. The summed E-state index contributed by atoms with van der Waals surface area (Å²) in [4.78, 5) is 25.5. The van der Waals surface area contributed by atoms with Crippen LogP contribution in [0.3, 0.4) is 0 Å². The Morgan fingerprint density at radius 2 is 1.76 bits per heavy atom. The SMILES string of the molecule is CCC(F)(F)c1ccc(CN)cc1.O=C(O)[C@H]1CN(c2nc3ncncc3s2)CCN1S(=O)(=O)c1ccc(OC(F)(F)F)cc1. The van der Waals surface area contributed by atoms with Gasteiger partial charge in [0, 0.05) is 44.4 Å². The average molecular weight is 675 g/mol. The fourth-order valence-electron chi connectivity index (χ4n) is 4.28. The number of hydrogen-bond donors (Lipinski definition) is 2. The van der Waals surface area contributed by atoms with E-state index in [1.165, 1.54) is 36.7 Å². The monoisotopic (exact) mass is 674 g/mol. The van der Waals surface area contributed by atoms with Crippen molar-refractivity contribution in [3.05, 3.63) is 72.2 Å². The summed E-state index contributed by atoms with van der Waals surface area (Å²) in [5, 5.41) is 10.2. The second-order valence-electron chi connectivity index (χ2n) is 9.60. The van der Waals surface area contributed by atoms with Gasteiger partial charge in [0.25, 0.3) is 5.92 Å². The van der Waals surface area contributed by atoms with Gasteiger partial charge in [-0.15, -0.1) is 13.2 Å². The molecule has 1 aliphatic heterocycles. The number of piperazine rings is 1. The Kier molecular flexibility index (Phi) is 10.2. The van der Waals surface area contributed by atoms with Crippen molar-refractivity contribution in [3.8, 4) is 5.75 Å². The van der Waals surface area contributed by atoms with Gasteiger partial charge in [-0.05, 0) is 29.8 Å². The van der Waals surface area contributed by atoms with Gasteiger partial charge in [0.1, 0.15) is 18.1 Å². The minimum atomic E-state index is -4.92. The second-order valence-corrected chi connectivity index (χ2v) is 12.5. The molecule has 3 heterocycles. The third-order valence-corrected chi connectivity index (χ3v) is 9.63. The first-order chi connectivity index (χ1) is 21.1. The third kappa shape index (κ3) is 8.19. The van der Waals surface area contributed by atoms with Crippen molar-refractivity contribution in [2.75, 3.05) is 24.5 Å². The van der Waals surface area contributed by atoms with Gasteiger partial charge in [-0.25, -0.2) is 27.2 Å². The molecule has 0 spiro atoms. The molecule has 5 rings (SSSR count). The van der Waals surface area contributed by atoms with E-state index in [0.29, 0.717) is 22.0 Å². The number of nitrogens with two attached hydrogens (primary N) is 1. The smallest absolute Gasteiger partial charge is 0.480 e. The molecule has 45 heavy (non-hydrogen) atoms. The maximum absolute atomic E-state index is 13.1. The van der Waals surface area contributed by atoms with Crippen LogP contribution in [0.25, 0.3) is 10.3 Å². The van der Waals surface area contributed by atoms with E-state index in [-0.39, 0.29) is 36.5 Å². The highest BCUT2D eigenvalue weighted by atomic mass is 32.2. The van der Waals surface area contributed by atoms with Gasteiger partial charge in [0.15, 0.2) is 10.8 Å². The van der Waals surface area contributed by atoms with E-state index >= 15 is 0 Å². The number of aromatic nitrogens is 3. The predicted octanol–water partition coefficient (Wildman–Crippen LogP) is 4.60. The Labute approximate surface area is 258 Å². The fraction of sp³-hybridized carbons (Fsp3) is 0.333. The first-order valence-corrected chi connectivity index (χ1v) is 15.5. The van der Waals surface area contributed by atoms with Crippen LogP contribution in [-0.4, -0.2) is 70.8 Å². The molecule has 18 heteroatoms. The van der Waals surface area contributed by atoms with Gasteiger partial charge in [0.2, 0.25) is 10.0 Å². The summed E-state index contributed by atoms with van der Waals surface area (Å²) in [7, 11) is -4.30. The summed E-state index contributed by atoms with van der Waals surface area (Å²) in [5.74, 6) is -4.67. The van der Waals surface area contributed by atoms with Gasteiger partial charge < -0.3 is 20.5 Å². The Morgan fingerprint density at radius 3 is 2.31 bits per heavy atom. The molecular formula is C27H27F5N6O5S2. The highest BCUT2D eigenvalue weighted by Crippen LogP contribution is 2.32. The standard InChI is InChI=1S/C17H14F3N5O5S2.C10H13F2N/c18-17(19,20)30-10-1-3-11(4-2-10)32(28,29)25-6-5-24(8-12(25)15(26)27)16-23-14-13(31-16)7-21-9-22-14;1-2-10(11,12)9-5-3-8(7-13)4-6-9/h1-4,7,9,12H,5-6,8H2,(H,26,27);3-6H,2,7,13H2,1H3/t12-;/m1./s1. The molecule has 1 aliphatic rings. The summed E-state index contributed by atoms with van der Waals surface area (Å²) in [5.41, 5.74) is 6.73. The topological polar surface area (TPSA) is 152 Å². The Balaban J connectivity index is 0.000000297. The maximum atomic E-state index is 13.1. The number of alkyl halides is 5. The number of carbonyl (C=O) groups is 1. The van der Waals surface area contributed by atoms with Crippen LogP contribution in [-0.2, 0) is 27.3 Å². The van der Waals surface area contributed by atoms with E-state index in [4.69, 9.17) is 5.73 Å². The number of ether oxygens (including phenoxy) is 1. The van der Waals surface area contributed by atoms with Crippen molar-refractivity contribution in [1.82, 2.24) is 19.3 Å². The quantitative estimate of drug-likeness (QED) is 0.254. The van der Waals surface area contributed by atoms with Crippen LogP contribution in [0.15, 0.2) is 66.0 Å². The van der Waals surface area contributed by atoms with E-state index in [9.17, 15) is 40.3 Å². The van der Waals surface area contributed by atoms with E-state index in [0.717, 1.165) is 34.1 Å². The molecule has 1 atom stereocenters. The predicted molar refractivity (Wildman–Crippen MR) is 154 cm³/mol. The van der Waals surface area contributed by atoms with Gasteiger partial charge in [-0.2, -0.15) is 9.29 Å². The molecule has 1 fully saturated rings. The number of sulfonamides is 1. The third-order valence-electron chi connectivity index (χ3n) is 6.67. The molecule has 0 unspecified atom stereocenters. The number of carboxylic acid groups (broad SMARTS) is 1. The average Bonchev–Trinajstić information content (AvgIpc) is 3.45. The molecular weight excluding hydrogens is 647 g/mol. The Hall–Kier alpha value is -4.00. The molecule has 0 saturated carbocycles. The number of aliphatic carboxylic acids is 1. The molecule has 2 aromatic carbocycles. The summed E-state index contributed by atoms with van der Waals surface area (Å²) in [6, 6.07) is 8.30. The molecule has 2 aromatic heterocycles. The number of nitrogens with zero attached hydrogens (tertiary/aromatic N) is 5. The van der Waals surface area contributed by atoms with Crippen molar-refractivity contribution < 1.29 is 45.0 Å². The van der Waals surface area contributed by atoms with Crippen molar-refractivity contribution in [2.45, 2.75) is 43.1 Å². The number of rotatable bonds is 8. The van der Waals surface area contributed by atoms with Crippen LogP contribution < -0.4 is 15.4 Å². The number of thiazole rings is 1. The van der Waals surface area contributed by atoms with Crippen LogP contribution in [0.5, 0.6) is 5.75 Å². The summed E-state index contributed by atoms with van der Waals surface area (Å²) in [6.07, 6.45) is -2.18. The van der Waals surface area contributed by atoms with Gasteiger partial charge >= 0.3 is 12.3 Å². The normalized spacial score (nSPS) is 16.2. The molecule has 0 aliphatic carbocycles. The van der Waals surface area contributed by atoms with Gasteiger partial charge in [-0.3, -0.25) is 4.79 Å². The van der Waals surface area contributed by atoms with Gasteiger partial charge in [-0.1, -0.05) is 42.5 Å². The van der Waals surface area contributed by atoms with E-state index < -0.39 is 40.1 Å². The number of fused-ring (bicyclic) bond motifs is 1. The van der Waals surface area contributed by atoms with E-state index in [1.807, 2.05) is 0 Å². The van der Waals surface area contributed by atoms with Crippen molar-refractivity contribution in [1.29, 1.82) is 0 Å². The molecule has 4 aromatic rings. The maximum Gasteiger partial charge on any atom is 0.573 e. The number of hydrogen-bond acceptors (Lipinski definition) is 10. The largest absolute Gasteiger partial charge is 0.573 e. The molecule has 11 nitrogen and oxygen atoms in total. The van der Waals surface area contributed by atoms with E-state index in [1.54, 1.807) is 23.2 Å². The van der Waals surface area contributed by atoms with Crippen LogP contribution in [0.1, 0.15) is 24.5 Å². The van der Waals surface area contributed by atoms with Crippen LogP contribution >= 0.6 is 11.3 Å². The summed E-state index contributed by atoms with van der Waals surface area (Å²) < 4.78 is 94.5. The Bertz CT molecular complexity index is 1690. The molecule has 3 N–H and O–H groups in total. The first kappa shape index (κ1) is 33.9. The van der Waals surface area contributed by atoms with Crippen LogP contribution in [0.2, 0.25) is 0 Å². The minimum absolute atomic E-state index is 0.0622. The molecule has 242 valence electrons. The fourth-order valence-corrected chi connectivity index (χ4v) is 6.77. The van der Waals surface area contributed by atoms with Crippen LogP contribution in [0, 0.1) is 0 Å². The molecule has 0 bridgehead atoms. The summed E-state index contributed by atoms with van der Waals surface area (Å²) >= 11 is 1.25.